The van der Waals surface area contributed by atoms with Crippen molar-refractivity contribution in [2.45, 2.75) is 156 Å². The maximum Gasteiger partial charge on any atom is 0.303 e. The smallest absolute Gasteiger partial charge is 0.303 e. The van der Waals surface area contributed by atoms with Gasteiger partial charge in [-0.15, -0.1) is 0 Å². The van der Waals surface area contributed by atoms with Gasteiger partial charge >= 0.3 is 5.97 Å². The van der Waals surface area contributed by atoms with Gasteiger partial charge in [0.25, 0.3) is 0 Å². The summed E-state index contributed by atoms with van der Waals surface area (Å²) in [6, 6.07) is 0. The van der Waals surface area contributed by atoms with Gasteiger partial charge in [0.1, 0.15) is 0 Å². The van der Waals surface area contributed by atoms with Crippen LogP contribution in [0.2, 0.25) is 0 Å². The number of hydrogen-bond donors (Lipinski definition) is 4. The number of allylic oxidation sites excluding steroid dienone is 2. The number of nitrogens with two attached hydrogens (primary N) is 3. The minimum Gasteiger partial charge on any atom is -0.481 e. The van der Waals surface area contributed by atoms with Crippen LogP contribution < -0.4 is 17.2 Å². The summed E-state index contributed by atoms with van der Waals surface area (Å²) in [5.41, 5.74) is 15.4. The summed E-state index contributed by atoms with van der Waals surface area (Å²) in [7, 11) is 0. The van der Waals surface area contributed by atoms with Crippen molar-refractivity contribution >= 4 is 5.97 Å². The third-order valence-electron chi connectivity index (χ3n) is 5.33. The van der Waals surface area contributed by atoms with Gasteiger partial charge in [-0.1, -0.05) is 110 Å². The largest absolute Gasteiger partial charge is 0.481 e. The first-order valence-electron chi connectivity index (χ1n) is 15.0. The zero-order valence-electron chi connectivity index (χ0n) is 24.5. The maximum absolute atomic E-state index is 10.3. The number of carboxylic acids is 1. The van der Waals surface area contributed by atoms with Crippen molar-refractivity contribution in [3.63, 3.8) is 0 Å². The van der Waals surface area contributed by atoms with E-state index >= 15 is 0 Å². The lowest BCUT2D eigenvalue weighted by molar-refractivity contribution is -0.137. The zero-order chi connectivity index (χ0) is 27.3. The molecule has 214 valence electrons. The lowest BCUT2D eigenvalue weighted by Crippen LogP contribution is -1.95. The van der Waals surface area contributed by atoms with Crippen LogP contribution in [0.15, 0.2) is 12.2 Å². The third kappa shape index (κ3) is 65.5. The van der Waals surface area contributed by atoms with E-state index < -0.39 is 5.97 Å². The van der Waals surface area contributed by atoms with Crippen LogP contribution in [0.25, 0.3) is 0 Å². The first-order chi connectivity index (χ1) is 17.0. The molecular weight excluding hydrogens is 434 g/mol. The molecule has 0 bridgehead atoms. The molecule has 35 heavy (non-hydrogen) atoms. The topological polar surface area (TPSA) is 115 Å². The van der Waals surface area contributed by atoms with Gasteiger partial charge in [0.15, 0.2) is 0 Å². The molecule has 0 spiro atoms. The van der Waals surface area contributed by atoms with E-state index in [0.29, 0.717) is 6.42 Å². The molecule has 0 aromatic rings. The lowest BCUT2D eigenvalue weighted by Gasteiger charge is -1.99. The Morgan fingerprint density at radius 3 is 1.11 bits per heavy atom. The molecule has 0 aliphatic rings. The van der Waals surface area contributed by atoms with Crippen LogP contribution in [-0.2, 0) is 4.79 Å². The van der Waals surface area contributed by atoms with Gasteiger partial charge in [0.2, 0.25) is 0 Å². The van der Waals surface area contributed by atoms with Crippen molar-refractivity contribution in [3.05, 3.63) is 12.2 Å². The Labute approximate surface area is 221 Å². The van der Waals surface area contributed by atoms with E-state index in [4.69, 9.17) is 22.3 Å². The van der Waals surface area contributed by atoms with Crippen molar-refractivity contribution in [3.8, 4) is 0 Å². The van der Waals surface area contributed by atoms with Crippen LogP contribution in [0.5, 0.6) is 0 Å². The Morgan fingerprint density at radius 2 is 0.829 bits per heavy atom. The van der Waals surface area contributed by atoms with E-state index in [0.717, 1.165) is 32.5 Å². The van der Waals surface area contributed by atoms with E-state index in [-0.39, 0.29) is 0 Å². The molecule has 0 aliphatic carbocycles. The van der Waals surface area contributed by atoms with E-state index in [9.17, 15) is 4.79 Å². The average molecular weight is 502 g/mol. The molecule has 0 atom stereocenters. The molecule has 0 heterocycles. The van der Waals surface area contributed by atoms with Crippen molar-refractivity contribution in [1.29, 1.82) is 0 Å². The third-order valence-corrected chi connectivity index (χ3v) is 5.33. The van der Waals surface area contributed by atoms with Gasteiger partial charge in [0, 0.05) is 6.42 Å². The van der Waals surface area contributed by atoms with Crippen LogP contribution >= 0.6 is 0 Å². The summed E-state index contributed by atoms with van der Waals surface area (Å²) in [4.78, 5) is 10.3. The highest BCUT2D eigenvalue weighted by Crippen LogP contribution is 2.09. The first-order valence-corrected chi connectivity index (χ1v) is 15.0. The Bertz CT molecular complexity index is 343. The second-order valence-corrected chi connectivity index (χ2v) is 9.15. The van der Waals surface area contributed by atoms with Crippen molar-refractivity contribution in [2.24, 2.45) is 17.2 Å². The molecule has 7 N–H and O–H groups in total. The maximum atomic E-state index is 10.3. The summed E-state index contributed by atoms with van der Waals surface area (Å²) in [6.07, 6.45) is 28.4. The molecule has 0 aliphatic heterocycles. The van der Waals surface area contributed by atoms with Crippen LogP contribution in [0.4, 0.5) is 0 Å². The molecule has 0 amide bonds. The second kappa shape index (κ2) is 46.4. The van der Waals surface area contributed by atoms with Gasteiger partial charge in [-0.2, -0.15) is 0 Å². The van der Waals surface area contributed by atoms with Crippen molar-refractivity contribution < 1.29 is 9.90 Å². The van der Waals surface area contributed by atoms with E-state index in [1.54, 1.807) is 0 Å². The van der Waals surface area contributed by atoms with E-state index in [1.165, 1.54) is 109 Å². The number of carboxylic acid groups (broad SMARTS) is 1. The highest BCUT2D eigenvalue weighted by molar-refractivity contribution is 5.66. The number of carbonyl (C=O) groups is 1. The van der Waals surface area contributed by atoms with Gasteiger partial charge in [-0.05, 0) is 71.0 Å². The van der Waals surface area contributed by atoms with E-state index in [2.05, 4.69) is 39.8 Å². The van der Waals surface area contributed by atoms with Gasteiger partial charge in [-0.3, -0.25) is 4.79 Å². The molecule has 5 nitrogen and oxygen atoms in total. The van der Waals surface area contributed by atoms with Crippen molar-refractivity contribution in [2.75, 3.05) is 19.6 Å². The summed E-state index contributed by atoms with van der Waals surface area (Å²) >= 11 is 0. The van der Waals surface area contributed by atoms with Crippen molar-refractivity contribution in [1.82, 2.24) is 0 Å². The Balaban J connectivity index is -0.000000258. The van der Waals surface area contributed by atoms with E-state index in [1.807, 2.05) is 0 Å². The molecule has 5 heteroatoms. The predicted molar refractivity (Wildman–Crippen MR) is 159 cm³/mol. The fourth-order valence-electron chi connectivity index (χ4n) is 2.96. The molecule has 0 saturated carbocycles. The quantitative estimate of drug-likeness (QED) is 0.0931. The molecule has 0 unspecified atom stereocenters. The predicted octanol–water partition coefficient (Wildman–Crippen LogP) is 8.34. The second-order valence-electron chi connectivity index (χ2n) is 9.15. The highest BCUT2D eigenvalue weighted by Gasteiger charge is 1.95. The summed E-state index contributed by atoms with van der Waals surface area (Å²) < 4.78 is 0. The molecule has 0 saturated heterocycles. The summed E-state index contributed by atoms with van der Waals surface area (Å²) in [6.45, 7) is 11.2. The minimum atomic E-state index is -0.664. The minimum absolute atomic E-state index is 0.332. The fraction of sp³-hybridized carbons (Fsp3) is 0.900. The molecule has 0 rings (SSSR count). The standard InChI is InChI=1S/C18H34O2.3C4H11N/c1-2-3-4-5-6-7-8-9-10-11-12-13-14-15-16-17-18(19)20;3*1-2-3-4-5/h9-10H,2-8,11-17H2,1H3,(H,19,20);3*2-5H2,1H3/b10-9-;;;. The lowest BCUT2D eigenvalue weighted by atomic mass is 10.1. The monoisotopic (exact) mass is 502 g/mol. The number of unbranched alkanes of at least 4 members (excludes halogenated alkanes) is 14. The van der Waals surface area contributed by atoms with Crippen LogP contribution in [0.3, 0.4) is 0 Å². The number of aliphatic carboxylic acids is 1. The number of hydrogen-bond acceptors (Lipinski definition) is 4. The van der Waals surface area contributed by atoms with Crippen LogP contribution in [0.1, 0.15) is 156 Å². The highest BCUT2D eigenvalue weighted by atomic mass is 16.4. The average Bonchev–Trinajstić information content (AvgIpc) is 2.84. The normalized spacial score (nSPS) is 10.0. The molecule has 0 fully saturated rings. The fourth-order valence-corrected chi connectivity index (χ4v) is 2.96. The molecule has 0 aromatic carbocycles. The first kappa shape index (κ1) is 41.2. The van der Waals surface area contributed by atoms with Crippen LogP contribution in [-0.4, -0.2) is 30.7 Å². The number of rotatable bonds is 21. The Morgan fingerprint density at radius 1 is 0.514 bits per heavy atom. The SMILES string of the molecule is CCCCCCCC/C=C\CCCCCCCC(=O)O.CCCCN.CCCCN.CCCCN. The molecule has 0 radical (unpaired) electrons. The summed E-state index contributed by atoms with van der Waals surface area (Å²) in [5.74, 6) is -0.664. The molecule has 0 aromatic heterocycles. The Kier molecular flexibility index (Phi) is 54.7. The van der Waals surface area contributed by atoms with Gasteiger partial charge in [-0.25, -0.2) is 0 Å². The zero-order valence-corrected chi connectivity index (χ0v) is 24.5. The van der Waals surface area contributed by atoms with Gasteiger partial charge < -0.3 is 22.3 Å². The summed E-state index contributed by atoms with van der Waals surface area (Å²) in [5, 5.41) is 8.51. The van der Waals surface area contributed by atoms with Gasteiger partial charge in [0.05, 0.1) is 0 Å². The molecular formula is C30H67N3O2. The Hall–Kier alpha value is -0.910. The van der Waals surface area contributed by atoms with Crippen LogP contribution in [0, 0.1) is 0 Å².